The Morgan fingerprint density at radius 1 is 1.00 bits per heavy atom. The molecule has 4 rings (SSSR count). The molecule has 3 aromatic rings. The number of hydrogen-bond acceptors (Lipinski definition) is 2. The molecule has 0 aliphatic carbocycles. The zero-order valence-corrected chi connectivity index (χ0v) is 16.5. The lowest BCUT2D eigenvalue weighted by Gasteiger charge is -2.20. The summed E-state index contributed by atoms with van der Waals surface area (Å²) in [6.45, 7) is 0.580. The Morgan fingerprint density at radius 2 is 1.75 bits per heavy atom. The van der Waals surface area contributed by atoms with E-state index >= 15 is 0 Å². The highest BCUT2D eigenvalue weighted by molar-refractivity contribution is 6.35. The van der Waals surface area contributed by atoms with Crippen LogP contribution in [0.2, 0.25) is 10.0 Å². The van der Waals surface area contributed by atoms with E-state index in [-0.39, 0.29) is 5.91 Å². The summed E-state index contributed by atoms with van der Waals surface area (Å²) in [6, 6.07) is 20.1. The van der Waals surface area contributed by atoms with Crippen molar-refractivity contribution in [2.75, 3.05) is 12.0 Å². The molecule has 140 valence electrons. The molecule has 1 aliphatic heterocycles. The molecule has 0 radical (unpaired) electrons. The molecule has 0 spiro atoms. The lowest BCUT2D eigenvalue weighted by molar-refractivity contribution is 0.100. The van der Waals surface area contributed by atoms with E-state index in [0.29, 0.717) is 33.7 Å². The van der Waals surface area contributed by atoms with Crippen LogP contribution in [0.1, 0.15) is 21.5 Å². The number of hydrogen-bond donors (Lipinski definition) is 0. The van der Waals surface area contributed by atoms with Gasteiger partial charge >= 0.3 is 0 Å². The summed E-state index contributed by atoms with van der Waals surface area (Å²) in [4.78, 5) is 19.3. The molecule has 0 N–H and O–H groups in total. The number of methoxy groups -OCH3 is 1. The van der Waals surface area contributed by atoms with Gasteiger partial charge in [0.25, 0.3) is 5.91 Å². The molecule has 0 atom stereocenters. The van der Waals surface area contributed by atoms with E-state index < -0.39 is 0 Å². The van der Waals surface area contributed by atoms with Gasteiger partial charge in [-0.05, 0) is 42.0 Å². The van der Waals surface area contributed by atoms with Gasteiger partial charge in [0.15, 0.2) is 0 Å². The summed E-state index contributed by atoms with van der Waals surface area (Å²) in [5.74, 6) is 0.835. The molecule has 0 saturated heterocycles. The minimum Gasteiger partial charge on any atom is -0.497 e. The van der Waals surface area contributed by atoms with Crippen molar-refractivity contribution in [3.63, 3.8) is 0 Å². The number of amidine groups is 1. The second-order valence-corrected chi connectivity index (χ2v) is 7.22. The van der Waals surface area contributed by atoms with E-state index in [1.807, 2.05) is 41.3 Å². The molecular weight excluding hydrogens is 395 g/mol. The molecule has 4 nitrogen and oxygen atoms in total. The van der Waals surface area contributed by atoms with Crippen molar-refractivity contribution in [2.45, 2.75) is 6.54 Å². The predicted molar refractivity (Wildman–Crippen MR) is 113 cm³/mol. The number of carbonyl (C=O) groups is 1. The molecule has 0 unspecified atom stereocenters. The van der Waals surface area contributed by atoms with Crippen LogP contribution < -0.4 is 9.64 Å². The highest BCUT2D eigenvalue weighted by Gasteiger charge is 2.28. The number of benzene rings is 3. The second-order valence-electron chi connectivity index (χ2n) is 6.34. The molecule has 0 aromatic heterocycles. The number of aliphatic imine (C=N–C) groups is 1. The third-order valence-corrected chi connectivity index (χ3v) is 4.96. The summed E-state index contributed by atoms with van der Waals surface area (Å²) in [5, 5.41) is 1.05. The van der Waals surface area contributed by atoms with Crippen LogP contribution in [0.15, 0.2) is 71.7 Å². The zero-order chi connectivity index (χ0) is 19.7. The number of ether oxygens (including phenoxy) is 1. The van der Waals surface area contributed by atoms with Gasteiger partial charge in [-0.3, -0.25) is 4.79 Å². The van der Waals surface area contributed by atoms with Gasteiger partial charge in [0.2, 0.25) is 0 Å². The zero-order valence-electron chi connectivity index (χ0n) is 15.0. The molecule has 28 heavy (non-hydrogen) atoms. The lowest BCUT2D eigenvalue weighted by Crippen LogP contribution is -2.25. The highest BCUT2D eigenvalue weighted by Crippen LogP contribution is 2.33. The molecule has 1 heterocycles. The van der Waals surface area contributed by atoms with E-state index in [1.54, 1.807) is 37.4 Å². The Balaban J connectivity index is 1.79. The largest absolute Gasteiger partial charge is 0.497 e. The second kappa shape index (κ2) is 7.66. The van der Waals surface area contributed by atoms with Gasteiger partial charge in [-0.2, -0.15) is 4.99 Å². The van der Waals surface area contributed by atoms with E-state index in [4.69, 9.17) is 27.9 Å². The number of rotatable bonds is 3. The monoisotopic (exact) mass is 410 g/mol. The van der Waals surface area contributed by atoms with E-state index in [9.17, 15) is 4.79 Å². The molecule has 0 bridgehead atoms. The van der Waals surface area contributed by atoms with Crippen molar-refractivity contribution >= 4 is 40.6 Å². The van der Waals surface area contributed by atoms with Crippen LogP contribution >= 0.6 is 23.2 Å². The first kappa shape index (κ1) is 18.5. The molecule has 3 aromatic carbocycles. The minimum absolute atomic E-state index is 0.344. The Hall–Kier alpha value is -2.82. The van der Waals surface area contributed by atoms with E-state index in [1.165, 1.54) is 0 Å². The van der Waals surface area contributed by atoms with E-state index in [0.717, 1.165) is 16.8 Å². The number of nitrogens with zero attached hydrogens (tertiary/aromatic N) is 2. The molecule has 0 saturated carbocycles. The van der Waals surface area contributed by atoms with Crippen molar-refractivity contribution in [1.82, 2.24) is 0 Å². The molecular formula is C22H16Cl2N2O2. The Kier molecular flexibility index (Phi) is 5.07. The summed E-state index contributed by atoms with van der Waals surface area (Å²) in [7, 11) is 1.56. The van der Waals surface area contributed by atoms with Gasteiger partial charge in [-0.1, -0.05) is 53.5 Å². The first-order chi connectivity index (χ1) is 13.5. The van der Waals surface area contributed by atoms with Crippen molar-refractivity contribution < 1.29 is 9.53 Å². The van der Waals surface area contributed by atoms with Gasteiger partial charge in [0.1, 0.15) is 11.6 Å². The minimum atomic E-state index is -0.344. The molecule has 0 fully saturated rings. The van der Waals surface area contributed by atoms with Gasteiger partial charge < -0.3 is 9.64 Å². The topological polar surface area (TPSA) is 41.9 Å². The summed E-state index contributed by atoms with van der Waals surface area (Å²) < 4.78 is 5.21. The number of fused-ring (bicyclic) bond motifs is 1. The summed E-state index contributed by atoms with van der Waals surface area (Å²) in [5.41, 5.74) is 3.23. The first-order valence-electron chi connectivity index (χ1n) is 8.64. The van der Waals surface area contributed by atoms with Crippen LogP contribution in [-0.2, 0) is 6.54 Å². The number of amides is 1. The summed E-state index contributed by atoms with van der Waals surface area (Å²) >= 11 is 12.4. The van der Waals surface area contributed by atoms with Gasteiger partial charge in [0.05, 0.1) is 13.7 Å². The van der Waals surface area contributed by atoms with Crippen molar-refractivity contribution in [3.8, 4) is 5.75 Å². The maximum atomic E-state index is 12.9. The Bertz CT molecular complexity index is 1080. The fourth-order valence-corrected chi connectivity index (χ4v) is 3.73. The van der Waals surface area contributed by atoms with Crippen LogP contribution in [0.4, 0.5) is 5.69 Å². The normalized spacial score (nSPS) is 14.2. The van der Waals surface area contributed by atoms with Crippen LogP contribution in [0.5, 0.6) is 5.75 Å². The van der Waals surface area contributed by atoms with Crippen LogP contribution in [0.3, 0.4) is 0 Å². The van der Waals surface area contributed by atoms with Gasteiger partial charge in [-0.25, -0.2) is 0 Å². The van der Waals surface area contributed by atoms with Crippen molar-refractivity contribution in [2.24, 2.45) is 4.99 Å². The van der Waals surface area contributed by atoms with Crippen molar-refractivity contribution in [1.29, 1.82) is 0 Å². The van der Waals surface area contributed by atoms with Gasteiger partial charge in [0, 0.05) is 26.9 Å². The van der Waals surface area contributed by atoms with Crippen molar-refractivity contribution in [3.05, 3.63) is 93.5 Å². The quantitative estimate of drug-likeness (QED) is 0.563. The maximum Gasteiger partial charge on any atom is 0.279 e. The third-order valence-electron chi connectivity index (χ3n) is 4.53. The maximum absolute atomic E-state index is 12.9. The number of carbonyl (C=O) groups excluding carboxylic acids is 1. The predicted octanol–water partition coefficient (Wildman–Crippen LogP) is 5.61. The Morgan fingerprint density at radius 3 is 2.50 bits per heavy atom. The summed E-state index contributed by atoms with van der Waals surface area (Å²) in [6.07, 6.45) is 0. The molecule has 1 amide bonds. The molecule has 6 heteroatoms. The van der Waals surface area contributed by atoms with Crippen LogP contribution in [-0.4, -0.2) is 18.9 Å². The fourth-order valence-electron chi connectivity index (χ4n) is 3.21. The first-order valence-corrected chi connectivity index (χ1v) is 9.40. The smallest absolute Gasteiger partial charge is 0.279 e. The fraction of sp³-hybridized carbons (Fsp3) is 0.0909. The molecule has 1 aliphatic rings. The Labute approximate surface area is 173 Å². The van der Waals surface area contributed by atoms with Crippen LogP contribution in [0, 0.1) is 0 Å². The SMILES string of the molecule is COc1cccc(C(=O)N=C2c3ccccc3CN2c2cc(Cl)cc(Cl)c2)c1. The average molecular weight is 411 g/mol. The number of anilines is 1. The van der Waals surface area contributed by atoms with E-state index in [2.05, 4.69) is 4.99 Å². The van der Waals surface area contributed by atoms with Gasteiger partial charge in [-0.15, -0.1) is 0 Å². The average Bonchev–Trinajstić information content (AvgIpc) is 3.06. The standard InChI is InChI=1S/C22H16Cl2N2O2/c1-28-19-7-4-6-14(9-19)22(27)25-21-20-8-3-2-5-15(20)13-26(21)18-11-16(23)10-17(24)12-18/h2-12H,13H2,1H3. The lowest BCUT2D eigenvalue weighted by atomic mass is 10.1. The number of halogens is 2. The third kappa shape index (κ3) is 3.61. The highest BCUT2D eigenvalue weighted by atomic mass is 35.5. The van der Waals surface area contributed by atoms with Crippen LogP contribution in [0.25, 0.3) is 0 Å².